The highest BCUT2D eigenvalue weighted by Crippen LogP contribution is 2.26. The Morgan fingerprint density at radius 1 is 1.20 bits per heavy atom. The van der Waals surface area contributed by atoms with Crippen molar-refractivity contribution < 1.29 is 14.7 Å². The summed E-state index contributed by atoms with van der Waals surface area (Å²) in [4.78, 5) is 26.1. The molecule has 9 heteroatoms. The molecule has 1 heterocycles. The Morgan fingerprint density at radius 3 is 2.63 bits per heavy atom. The minimum atomic E-state index is -0.570. The molecule has 156 valence electrons. The Kier molecular flexibility index (Phi) is 7.59. The number of carbonyl (C=O) groups is 1. The SMILES string of the molecule is CCONc1ncc(Cl)c(-c2ccc(C(=O)N[C@H](CO)c3cccc(Cl)c3)cc2)n1. The number of aliphatic hydroxyl groups is 1. The fourth-order valence-electron chi connectivity index (χ4n) is 2.73. The predicted octanol–water partition coefficient (Wildman–Crippen LogP) is 4.28. The molecule has 0 aliphatic heterocycles. The van der Waals surface area contributed by atoms with Gasteiger partial charge in [0, 0.05) is 16.1 Å². The maximum absolute atomic E-state index is 12.6. The van der Waals surface area contributed by atoms with Crippen molar-refractivity contribution in [3.05, 3.63) is 75.9 Å². The van der Waals surface area contributed by atoms with E-state index in [-0.39, 0.29) is 18.5 Å². The summed E-state index contributed by atoms with van der Waals surface area (Å²) < 4.78 is 0. The Balaban J connectivity index is 1.76. The highest BCUT2D eigenvalue weighted by atomic mass is 35.5. The van der Waals surface area contributed by atoms with Crippen molar-refractivity contribution in [2.45, 2.75) is 13.0 Å². The van der Waals surface area contributed by atoms with Crippen molar-refractivity contribution in [2.24, 2.45) is 0 Å². The molecule has 7 nitrogen and oxygen atoms in total. The average Bonchev–Trinajstić information content (AvgIpc) is 2.77. The molecular weight excluding hydrogens is 427 g/mol. The summed E-state index contributed by atoms with van der Waals surface area (Å²) in [5.41, 5.74) is 5.00. The third-order valence-electron chi connectivity index (χ3n) is 4.21. The zero-order valence-electron chi connectivity index (χ0n) is 16.1. The maximum Gasteiger partial charge on any atom is 0.251 e. The molecule has 0 saturated carbocycles. The van der Waals surface area contributed by atoms with Crippen molar-refractivity contribution in [1.29, 1.82) is 0 Å². The molecule has 3 N–H and O–H groups in total. The number of halogens is 2. The first-order valence-electron chi connectivity index (χ1n) is 9.19. The summed E-state index contributed by atoms with van der Waals surface area (Å²) in [7, 11) is 0. The smallest absolute Gasteiger partial charge is 0.251 e. The molecular formula is C21H20Cl2N4O3. The number of nitrogens with zero attached hydrogens (tertiary/aromatic N) is 2. The topological polar surface area (TPSA) is 96.4 Å². The third kappa shape index (κ3) is 5.46. The standard InChI is InChI=1S/C21H20Cl2N4O3/c1-2-30-27-21-24-11-17(23)19(26-21)13-6-8-14(9-7-13)20(29)25-18(12-28)15-4-3-5-16(22)10-15/h3-11,18,28H,2,12H2,1H3,(H,25,29)(H,24,26,27)/t18-/m1/s1. The lowest BCUT2D eigenvalue weighted by Crippen LogP contribution is -2.30. The molecule has 0 aliphatic rings. The molecule has 3 aromatic rings. The Hall–Kier alpha value is -2.71. The van der Waals surface area contributed by atoms with Crippen LogP contribution >= 0.6 is 23.2 Å². The molecule has 30 heavy (non-hydrogen) atoms. The van der Waals surface area contributed by atoms with Gasteiger partial charge in [0.25, 0.3) is 5.91 Å². The van der Waals surface area contributed by atoms with Crippen LogP contribution in [0.3, 0.4) is 0 Å². The molecule has 0 fully saturated rings. The van der Waals surface area contributed by atoms with Gasteiger partial charge in [-0.25, -0.2) is 15.4 Å². The van der Waals surface area contributed by atoms with Gasteiger partial charge >= 0.3 is 0 Å². The molecule has 1 atom stereocenters. The van der Waals surface area contributed by atoms with Gasteiger partial charge in [0.05, 0.1) is 36.2 Å². The molecule has 0 spiro atoms. The van der Waals surface area contributed by atoms with Gasteiger partial charge in [-0.15, -0.1) is 0 Å². The van der Waals surface area contributed by atoms with Crippen LogP contribution < -0.4 is 10.8 Å². The number of anilines is 1. The molecule has 0 radical (unpaired) electrons. The molecule has 0 aliphatic carbocycles. The van der Waals surface area contributed by atoms with E-state index in [1.54, 1.807) is 48.5 Å². The first-order chi connectivity index (χ1) is 14.5. The van der Waals surface area contributed by atoms with Gasteiger partial charge in [0.15, 0.2) is 0 Å². The van der Waals surface area contributed by atoms with E-state index in [1.807, 2.05) is 6.92 Å². The lowest BCUT2D eigenvalue weighted by Gasteiger charge is -2.17. The molecule has 1 aromatic heterocycles. The van der Waals surface area contributed by atoms with E-state index >= 15 is 0 Å². The molecule has 1 amide bonds. The van der Waals surface area contributed by atoms with Crippen molar-refractivity contribution in [2.75, 3.05) is 18.7 Å². The fourth-order valence-corrected chi connectivity index (χ4v) is 3.13. The second-order valence-corrected chi connectivity index (χ2v) is 7.11. The summed E-state index contributed by atoms with van der Waals surface area (Å²) in [6, 6.07) is 13.2. The number of aliphatic hydroxyl groups excluding tert-OH is 1. The number of rotatable bonds is 8. The van der Waals surface area contributed by atoms with Gasteiger partial charge in [-0.1, -0.05) is 47.5 Å². The summed E-state index contributed by atoms with van der Waals surface area (Å²) in [6.07, 6.45) is 1.47. The highest BCUT2D eigenvalue weighted by Gasteiger charge is 2.16. The van der Waals surface area contributed by atoms with Crippen LogP contribution in [-0.2, 0) is 4.84 Å². The summed E-state index contributed by atoms with van der Waals surface area (Å²) in [5, 5.41) is 13.4. The number of amides is 1. The molecule has 2 aromatic carbocycles. The average molecular weight is 447 g/mol. The fraction of sp³-hybridized carbons (Fsp3) is 0.190. The van der Waals surface area contributed by atoms with Crippen LogP contribution in [0.25, 0.3) is 11.3 Å². The van der Waals surface area contributed by atoms with Crippen LogP contribution in [0.15, 0.2) is 54.7 Å². The van der Waals surface area contributed by atoms with E-state index in [4.69, 9.17) is 28.0 Å². The van der Waals surface area contributed by atoms with E-state index in [9.17, 15) is 9.90 Å². The summed E-state index contributed by atoms with van der Waals surface area (Å²) >= 11 is 12.2. The maximum atomic E-state index is 12.6. The number of aromatic nitrogens is 2. The normalized spacial score (nSPS) is 11.7. The van der Waals surface area contributed by atoms with Crippen LogP contribution in [0.1, 0.15) is 28.9 Å². The van der Waals surface area contributed by atoms with Gasteiger partial charge in [-0.3, -0.25) is 9.63 Å². The Bertz CT molecular complexity index is 1020. The number of benzene rings is 2. The third-order valence-corrected chi connectivity index (χ3v) is 4.72. The minimum Gasteiger partial charge on any atom is -0.394 e. The number of hydrogen-bond acceptors (Lipinski definition) is 6. The zero-order valence-corrected chi connectivity index (χ0v) is 17.6. The van der Waals surface area contributed by atoms with Gasteiger partial charge in [-0.05, 0) is 36.8 Å². The molecule has 3 rings (SSSR count). The lowest BCUT2D eigenvalue weighted by atomic mass is 10.1. The predicted molar refractivity (Wildman–Crippen MR) is 116 cm³/mol. The van der Waals surface area contributed by atoms with E-state index in [0.29, 0.717) is 33.5 Å². The highest BCUT2D eigenvalue weighted by molar-refractivity contribution is 6.33. The van der Waals surface area contributed by atoms with E-state index in [2.05, 4.69) is 20.8 Å². The van der Waals surface area contributed by atoms with Crippen LogP contribution in [0.5, 0.6) is 0 Å². The molecule has 0 saturated heterocycles. The number of nitrogens with one attached hydrogen (secondary N) is 2. The molecule has 0 unspecified atom stereocenters. The summed E-state index contributed by atoms with van der Waals surface area (Å²) in [6.45, 7) is 2.03. The van der Waals surface area contributed by atoms with Crippen molar-refractivity contribution in [1.82, 2.24) is 15.3 Å². The van der Waals surface area contributed by atoms with Gasteiger partial charge in [-0.2, -0.15) is 0 Å². The van der Waals surface area contributed by atoms with Gasteiger partial charge in [0.1, 0.15) is 0 Å². The van der Waals surface area contributed by atoms with Crippen LogP contribution in [0, 0.1) is 0 Å². The zero-order chi connectivity index (χ0) is 21.5. The van der Waals surface area contributed by atoms with E-state index in [0.717, 1.165) is 5.56 Å². The monoisotopic (exact) mass is 446 g/mol. The minimum absolute atomic E-state index is 0.254. The van der Waals surface area contributed by atoms with E-state index in [1.165, 1.54) is 6.20 Å². The first kappa shape index (κ1) is 22.0. The van der Waals surface area contributed by atoms with Crippen molar-refractivity contribution in [3.8, 4) is 11.3 Å². The number of hydrogen-bond donors (Lipinski definition) is 3. The van der Waals surface area contributed by atoms with Crippen LogP contribution in [0.2, 0.25) is 10.0 Å². The van der Waals surface area contributed by atoms with Crippen LogP contribution in [0.4, 0.5) is 5.95 Å². The largest absolute Gasteiger partial charge is 0.394 e. The van der Waals surface area contributed by atoms with Crippen LogP contribution in [-0.4, -0.2) is 34.2 Å². The summed E-state index contributed by atoms with van der Waals surface area (Å²) in [5.74, 6) is -0.0431. The second kappa shape index (κ2) is 10.4. The number of carbonyl (C=O) groups excluding carboxylic acids is 1. The quantitative estimate of drug-likeness (QED) is 0.446. The van der Waals surface area contributed by atoms with Crippen molar-refractivity contribution in [3.63, 3.8) is 0 Å². The van der Waals surface area contributed by atoms with E-state index < -0.39 is 6.04 Å². The second-order valence-electron chi connectivity index (χ2n) is 6.27. The van der Waals surface area contributed by atoms with Gasteiger partial charge < -0.3 is 10.4 Å². The molecule has 0 bridgehead atoms. The Morgan fingerprint density at radius 2 is 1.97 bits per heavy atom. The first-order valence-corrected chi connectivity index (χ1v) is 9.95. The lowest BCUT2D eigenvalue weighted by molar-refractivity contribution is 0.0916. The van der Waals surface area contributed by atoms with Gasteiger partial charge in [0.2, 0.25) is 5.95 Å². The Labute approximate surface area is 184 Å². The van der Waals surface area contributed by atoms with Crippen molar-refractivity contribution >= 4 is 35.1 Å².